The molecule has 1 saturated heterocycles. The molecule has 2 atom stereocenters. The zero-order valence-electron chi connectivity index (χ0n) is 13.4. The van der Waals surface area contributed by atoms with Gasteiger partial charge in [-0.05, 0) is 42.3 Å². The molecule has 1 aliphatic carbocycles. The van der Waals surface area contributed by atoms with Crippen LogP contribution in [-0.2, 0) is 24.7 Å². The van der Waals surface area contributed by atoms with E-state index in [0.29, 0.717) is 5.57 Å². The topological polar surface area (TPSA) is 52.6 Å². The lowest BCUT2D eigenvalue weighted by atomic mass is 9.73. The van der Waals surface area contributed by atoms with E-state index in [1.54, 1.807) is 6.92 Å². The Morgan fingerprint density at radius 1 is 1.36 bits per heavy atom. The summed E-state index contributed by atoms with van der Waals surface area (Å²) < 4.78 is 51.3. The third-order valence-electron chi connectivity index (χ3n) is 4.39. The molecule has 1 aromatic rings. The summed E-state index contributed by atoms with van der Waals surface area (Å²) in [6, 6.07) is 1.69. The molecule has 0 aromatic heterocycles. The van der Waals surface area contributed by atoms with Gasteiger partial charge < -0.3 is 9.47 Å². The number of rotatable bonds is 3. The minimum Gasteiger partial charge on any atom is -0.463 e. The minimum atomic E-state index is -1.58. The second-order valence-electron chi connectivity index (χ2n) is 5.86. The molecule has 0 amide bonds. The zero-order valence-corrected chi connectivity index (χ0v) is 13.4. The first-order chi connectivity index (χ1) is 11.9. The van der Waals surface area contributed by atoms with Crippen molar-refractivity contribution in [3.8, 4) is 0 Å². The average Bonchev–Trinajstić information content (AvgIpc) is 2.91. The van der Waals surface area contributed by atoms with E-state index in [9.17, 15) is 22.8 Å². The third-order valence-corrected chi connectivity index (χ3v) is 4.39. The van der Waals surface area contributed by atoms with Crippen molar-refractivity contribution >= 4 is 11.8 Å². The van der Waals surface area contributed by atoms with Crippen LogP contribution in [0.1, 0.15) is 18.9 Å². The smallest absolute Gasteiger partial charge is 0.330 e. The number of benzene rings is 1. The molecule has 1 unspecified atom stereocenters. The molecule has 4 nitrogen and oxygen atoms in total. The van der Waals surface area contributed by atoms with E-state index in [2.05, 4.69) is 0 Å². The first kappa shape index (κ1) is 17.4. The summed E-state index contributed by atoms with van der Waals surface area (Å²) in [5, 5.41) is 0. The summed E-state index contributed by atoms with van der Waals surface area (Å²) in [7, 11) is 0. The van der Waals surface area contributed by atoms with Gasteiger partial charge >= 0.3 is 5.97 Å². The number of allylic oxidation sites excluding steroid dienone is 1. The number of esters is 1. The maximum absolute atomic E-state index is 13.7. The standard InChI is InChI=1S/C18H15F3O4/c1-2-24-16(23)5-10-9-25-18(4-3-12(22)8-13(10)18)11-6-14(19)17(21)15(20)7-11/h3-7,13H,2,8-9H2,1H3/b10-5-/t13?,18-/m0/s1. The van der Waals surface area contributed by atoms with Gasteiger partial charge in [0, 0.05) is 18.4 Å². The highest BCUT2D eigenvalue weighted by Gasteiger charge is 2.50. The number of fused-ring (bicyclic) bond motifs is 1. The number of ketones is 1. The Hall–Kier alpha value is -2.41. The molecule has 0 N–H and O–H groups in total. The molecule has 132 valence electrons. The SMILES string of the molecule is CCOC(=O)/C=C1/CO[C@]2(c3cc(F)c(F)c(F)c3)C=CC(=O)CC12. The van der Waals surface area contributed by atoms with E-state index >= 15 is 0 Å². The Kier molecular flexibility index (Phi) is 4.51. The van der Waals surface area contributed by atoms with Gasteiger partial charge in [0.1, 0.15) is 5.60 Å². The number of halogens is 3. The molecule has 1 fully saturated rings. The van der Waals surface area contributed by atoms with E-state index in [-0.39, 0.29) is 31.0 Å². The van der Waals surface area contributed by atoms with Crippen LogP contribution in [-0.4, -0.2) is 25.0 Å². The largest absolute Gasteiger partial charge is 0.463 e. The van der Waals surface area contributed by atoms with Gasteiger partial charge in [-0.25, -0.2) is 18.0 Å². The van der Waals surface area contributed by atoms with Crippen molar-refractivity contribution in [2.45, 2.75) is 18.9 Å². The van der Waals surface area contributed by atoms with E-state index in [0.717, 1.165) is 12.1 Å². The molecular weight excluding hydrogens is 337 g/mol. The molecule has 0 radical (unpaired) electrons. The highest BCUT2D eigenvalue weighted by Crippen LogP contribution is 2.49. The van der Waals surface area contributed by atoms with Crippen LogP contribution in [0.5, 0.6) is 0 Å². The monoisotopic (exact) mass is 352 g/mol. The minimum absolute atomic E-state index is 0.00233. The first-order valence-corrected chi connectivity index (χ1v) is 7.75. The van der Waals surface area contributed by atoms with E-state index in [1.807, 2.05) is 0 Å². The molecule has 1 heterocycles. The molecule has 1 aliphatic heterocycles. The molecule has 1 aromatic carbocycles. The lowest BCUT2D eigenvalue weighted by molar-refractivity contribution is -0.137. The van der Waals surface area contributed by atoms with Crippen molar-refractivity contribution in [3.05, 3.63) is 58.9 Å². The van der Waals surface area contributed by atoms with Crippen molar-refractivity contribution in [1.82, 2.24) is 0 Å². The van der Waals surface area contributed by atoms with Gasteiger partial charge in [-0.3, -0.25) is 4.79 Å². The highest BCUT2D eigenvalue weighted by atomic mass is 19.2. The summed E-state index contributed by atoms with van der Waals surface area (Å²) >= 11 is 0. The zero-order chi connectivity index (χ0) is 18.2. The number of ether oxygens (including phenoxy) is 2. The number of hydrogen-bond acceptors (Lipinski definition) is 4. The number of carbonyl (C=O) groups excluding carboxylic acids is 2. The molecule has 2 aliphatic rings. The Morgan fingerprint density at radius 3 is 2.68 bits per heavy atom. The van der Waals surface area contributed by atoms with Crippen molar-refractivity contribution in [1.29, 1.82) is 0 Å². The normalized spacial score (nSPS) is 26.8. The lowest BCUT2D eigenvalue weighted by Gasteiger charge is -2.34. The predicted octanol–water partition coefficient (Wildman–Crippen LogP) is 2.96. The molecule has 3 rings (SSSR count). The average molecular weight is 352 g/mol. The van der Waals surface area contributed by atoms with Crippen molar-refractivity contribution < 1.29 is 32.2 Å². The van der Waals surface area contributed by atoms with Crippen LogP contribution in [0.4, 0.5) is 13.2 Å². The molecule has 7 heteroatoms. The highest BCUT2D eigenvalue weighted by molar-refractivity contribution is 5.92. The molecule has 0 spiro atoms. The Labute approximate surface area is 141 Å². The Morgan fingerprint density at radius 2 is 2.04 bits per heavy atom. The van der Waals surface area contributed by atoms with E-state index in [1.165, 1.54) is 18.2 Å². The van der Waals surface area contributed by atoms with Gasteiger partial charge in [-0.1, -0.05) is 0 Å². The second kappa shape index (κ2) is 6.48. The van der Waals surface area contributed by atoms with Crippen molar-refractivity contribution in [3.63, 3.8) is 0 Å². The van der Waals surface area contributed by atoms with E-state index in [4.69, 9.17) is 9.47 Å². The van der Waals surface area contributed by atoms with Gasteiger partial charge in [0.05, 0.1) is 13.2 Å². The van der Waals surface area contributed by atoms with Crippen LogP contribution in [0.3, 0.4) is 0 Å². The van der Waals surface area contributed by atoms with Crippen molar-refractivity contribution in [2.75, 3.05) is 13.2 Å². The fraction of sp³-hybridized carbons (Fsp3) is 0.333. The fourth-order valence-corrected chi connectivity index (χ4v) is 3.25. The summed E-state index contributed by atoms with van der Waals surface area (Å²) in [6.07, 6.45) is 3.91. The lowest BCUT2D eigenvalue weighted by Crippen LogP contribution is -2.35. The Balaban J connectivity index is 2.08. The molecular formula is C18H15F3O4. The number of carbonyl (C=O) groups is 2. The summed E-state index contributed by atoms with van der Waals surface area (Å²) in [5.74, 6) is -5.69. The van der Waals surface area contributed by atoms with Gasteiger partial charge in [0.25, 0.3) is 0 Å². The van der Waals surface area contributed by atoms with Gasteiger partial charge in [-0.2, -0.15) is 0 Å². The summed E-state index contributed by atoms with van der Waals surface area (Å²) in [4.78, 5) is 23.6. The van der Waals surface area contributed by atoms with Gasteiger partial charge in [-0.15, -0.1) is 0 Å². The quantitative estimate of drug-likeness (QED) is 0.477. The van der Waals surface area contributed by atoms with Crippen LogP contribution < -0.4 is 0 Å². The Bertz CT molecular complexity index is 777. The molecule has 25 heavy (non-hydrogen) atoms. The van der Waals surface area contributed by atoms with Gasteiger partial charge in [0.2, 0.25) is 0 Å². The third kappa shape index (κ3) is 3.00. The maximum atomic E-state index is 13.7. The van der Waals surface area contributed by atoms with Crippen LogP contribution in [0, 0.1) is 23.4 Å². The molecule has 0 saturated carbocycles. The number of hydrogen-bond donors (Lipinski definition) is 0. The summed E-state index contributed by atoms with van der Waals surface area (Å²) in [5.41, 5.74) is -0.798. The summed E-state index contributed by atoms with van der Waals surface area (Å²) in [6.45, 7) is 1.83. The van der Waals surface area contributed by atoms with Crippen LogP contribution in [0.15, 0.2) is 35.9 Å². The predicted molar refractivity (Wildman–Crippen MR) is 80.9 cm³/mol. The first-order valence-electron chi connectivity index (χ1n) is 7.75. The molecule has 0 bridgehead atoms. The van der Waals surface area contributed by atoms with Crippen molar-refractivity contribution in [2.24, 2.45) is 5.92 Å². The van der Waals surface area contributed by atoms with E-state index < -0.39 is 34.9 Å². The maximum Gasteiger partial charge on any atom is 0.330 e. The van der Waals surface area contributed by atoms with Crippen LogP contribution in [0.25, 0.3) is 0 Å². The van der Waals surface area contributed by atoms with Crippen LogP contribution in [0.2, 0.25) is 0 Å². The fourth-order valence-electron chi connectivity index (χ4n) is 3.25. The van der Waals surface area contributed by atoms with Gasteiger partial charge in [0.15, 0.2) is 23.2 Å². The van der Waals surface area contributed by atoms with Crippen LogP contribution >= 0.6 is 0 Å². The second-order valence-corrected chi connectivity index (χ2v) is 5.86.